The van der Waals surface area contributed by atoms with Crippen LogP contribution in [0, 0.1) is 15.9 Å². The van der Waals surface area contributed by atoms with Gasteiger partial charge in [0.25, 0.3) is 11.6 Å². The van der Waals surface area contributed by atoms with Gasteiger partial charge in [-0.15, -0.1) is 10.2 Å². The molecule has 0 aliphatic carbocycles. The number of nitrogens with zero attached hydrogens (tertiary/aromatic N) is 4. The van der Waals surface area contributed by atoms with Crippen molar-refractivity contribution >= 4 is 35.0 Å². The summed E-state index contributed by atoms with van der Waals surface area (Å²) in [7, 11) is 0. The monoisotopic (exact) mass is 550 g/mol. The van der Waals surface area contributed by atoms with Gasteiger partial charge in [0.15, 0.2) is 11.0 Å². The Labute approximate surface area is 226 Å². The van der Waals surface area contributed by atoms with E-state index in [4.69, 9.17) is 4.74 Å². The summed E-state index contributed by atoms with van der Waals surface area (Å²) in [6, 6.07) is 17.9. The zero-order chi connectivity index (χ0) is 27.8. The van der Waals surface area contributed by atoms with Crippen molar-refractivity contribution in [2.45, 2.75) is 18.6 Å². The van der Waals surface area contributed by atoms with Crippen LogP contribution in [0.25, 0.3) is 5.69 Å². The molecule has 1 heterocycles. The predicted molar refractivity (Wildman–Crippen MR) is 143 cm³/mol. The number of rotatable bonds is 11. The van der Waals surface area contributed by atoms with Gasteiger partial charge in [-0.2, -0.15) is 0 Å². The van der Waals surface area contributed by atoms with E-state index in [0.717, 1.165) is 11.8 Å². The summed E-state index contributed by atoms with van der Waals surface area (Å²) in [5.41, 5.74) is 1.28. The Morgan fingerprint density at radius 2 is 1.72 bits per heavy atom. The van der Waals surface area contributed by atoms with E-state index >= 15 is 0 Å². The normalized spacial score (nSPS) is 10.6. The number of amides is 2. The molecule has 4 aromatic rings. The van der Waals surface area contributed by atoms with Gasteiger partial charge in [0.2, 0.25) is 5.91 Å². The van der Waals surface area contributed by atoms with E-state index in [2.05, 4.69) is 20.8 Å². The van der Waals surface area contributed by atoms with E-state index in [0.29, 0.717) is 34.7 Å². The Hall–Kier alpha value is -4.78. The van der Waals surface area contributed by atoms with Crippen LogP contribution < -0.4 is 15.4 Å². The van der Waals surface area contributed by atoms with Crippen molar-refractivity contribution in [3.8, 4) is 11.4 Å². The lowest BCUT2D eigenvalue weighted by molar-refractivity contribution is -0.384. The predicted octanol–water partition coefficient (Wildman–Crippen LogP) is 4.37. The third-order valence-electron chi connectivity index (χ3n) is 5.31. The van der Waals surface area contributed by atoms with E-state index in [1.54, 1.807) is 28.8 Å². The molecular formula is C26H23FN6O5S. The minimum atomic E-state index is -0.542. The number of hydrogen-bond donors (Lipinski definition) is 2. The Balaban J connectivity index is 1.50. The van der Waals surface area contributed by atoms with E-state index in [1.165, 1.54) is 48.5 Å². The highest BCUT2D eigenvalue weighted by molar-refractivity contribution is 7.99. The first-order valence-electron chi connectivity index (χ1n) is 11.7. The van der Waals surface area contributed by atoms with Crippen LogP contribution in [0.2, 0.25) is 0 Å². The van der Waals surface area contributed by atoms with Gasteiger partial charge < -0.3 is 15.4 Å². The lowest BCUT2D eigenvalue weighted by atomic mass is 10.2. The molecule has 4 rings (SSSR count). The quantitative estimate of drug-likeness (QED) is 0.159. The highest BCUT2D eigenvalue weighted by Crippen LogP contribution is 2.24. The number of halogens is 1. The first kappa shape index (κ1) is 27.3. The molecule has 0 atom stereocenters. The van der Waals surface area contributed by atoms with Crippen LogP contribution in [0.15, 0.2) is 78.0 Å². The first-order chi connectivity index (χ1) is 18.8. The topological polar surface area (TPSA) is 141 Å². The number of aromatic nitrogens is 3. The average molecular weight is 551 g/mol. The summed E-state index contributed by atoms with van der Waals surface area (Å²) < 4.78 is 20.4. The van der Waals surface area contributed by atoms with Crippen LogP contribution in [0.5, 0.6) is 5.75 Å². The largest absolute Gasteiger partial charge is 0.494 e. The molecule has 0 saturated heterocycles. The van der Waals surface area contributed by atoms with Crippen molar-refractivity contribution in [1.82, 2.24) is 20.1 Å². The highest BCUT2D eigenvalue weighted by Gasteiger charge is 2.18. The van der Waals surface area contributed by atoms with Gasteiger partial charge in [0.05, 0.1) is 23.8 Å². The molecule has 0 unspecified atom stereocenters. The van der Waals surface area contributed by atoms with Gasteiger partial charge in [-0.3, -0.25) is 24.3 Å². The first-order valence-corrected chi connectivity index (χ1v) is 12.7. The number of hydrogen-bond acceptors (Lipinski definition) is 8. The van der Waals surface area contributed by atoms with Gasteiger partial charge in [0.1, 0.15) is 11.6 Å². The Bertz CT molecular complexity index is 1460. The van der Waals surface area contributed by atoms with E-state index < -0.39 is 16.6 Å². The molecule has 2 amide bonds. The summed E-state index contributed by atoms with van der Waals surface area (Å²) in [4.78, 5) is 35.4. The van der Waals surface area contributed by atoms with E-state index in [9.17, 15) is 24.1 Å². The lowest BCUT2D eigenvalue weighted by Gasteiger charge is -2.12. The van der Waals surface area contributed by atoms with Crippen molar-refractivity contribution in [2.75, 3.05) is 17.7 Å². The second-order valence-electron chi connectivity index (χ2n) is 7.99. The van der Waals surface area contributed by atoms with Crippen molar-refractivity contribution in [2.24, 2.45) is 0 Å². The summed E-state index contributed by atoms with van der Waals surface area (Å²) in [6.45, 7) is 2.39. The van der Waals surface area contributed by atoms with Crippen molar-refractivity contribution < 1.29 is 23.6 Å². The number of nitro groups is 1. The van der Waals surface area contributed by atoms with E-state index in [1.807, 2.05) is 6.92 Å². The molecule has 11 nitrogen and oxygen atoms in total. The lowest BCUT2D eigenvalue weighted by Crippen LogP contribution is -2.24. The number of anilines is 1. The summed E-state index contributed by atoms with van der Waals surface area (Å²) in [6.07, 6.45) is 0. The van der Waals surface area contributed by atoms with Gasteiger partial charge in [-0.25, -0.2) is 4.39 Å². The minimum absolute atomic E-state index is 0.00162. The van der Waals surface area contributed by atoms with Crippen molar-refractivity contribution in [1.29, 1.82) is 0 Å². The maximum Gasteiger partial charge on any atom is 0.269 e. The van der Waals surface area contributed by atoms with Gasteiger partial charge >= 0.3 is 0 Å². The molecule has 3 aromatic carbocycles. The fourth-order valence-electron chi connectivity index (χ4n) is 3.48. The third kappa shape index (κ3) is 7.17. The third-order valence-corrected chi connectivity index (χ3v) is 6.24. The maximum atomic E-state index is 13.1. The minimum Gasteiger partial charge on any atom is -0.494 e. The van der Waals surface area contributed by atoms with Gasteiger partial charge in [-0.1, -0.05) is 11.8 Å². The van der Waals surface area contributed by atoms with Crippen molar-refractivity contribution in [3.63, 3.8) is 0 Å². The van der Waals surface area contributed by atoms with Crippen molar-refractivity contribution in [3.05, 3.63) is 100 Å². The maximum absolute atomic E-state index is 13.1. The molecule has 0 radical (unpaired) electrons. The van der Waals surface area contributed by atoms with Crippen LogP contribution in [0.1, 0.15) is 23.1 Å². The second-order valence-corrected chi connectivity index (χ2v) is 8.93. The zero-order valence-corrected chi connectivity index (χ0v) is 21.5. The SMILES string of the molecule is CCOc1ccc(-n2c(CNC(=O)c3ccc([N+](=O)[O-])cc3)nnc2SCC(=O)Nc2ccc(F)cc2)cc1. The number of nitrogens with one attached hydrogen (secondary N) is 2. The number of non-ortho nitro benzene ring substituents is 1. The molecule has 39 heavy (non-hydrogen) atoms. The number of carbonyl (C=O) groups is 2. The van der Waals surface area contributed by atoms with Gasteiger partial charge in [-0.05, 0) is 67.6 Å². The number of ether oxygens (including phenoxy) is 1. The van der Waals surface area contributed by atoms with E-state index in [-0.39, 0.29) is 29.5 Å². The summed E-state index contributed by atoms with van der Waals surface area (Å²) in [5.74, 6) is -0.0909. The number of benzene rings is 3. The van der Waals surface area contributed by atoms with Gasteiger partial charge in [0, 0.05) is 29.1 Å². The molecule has 2 N–H and O–H groups in total. The molecule has 0 bridgehead atoms. The van der Waals surface area contributed by atoms with Crippen LogP contribution in [0.3, 0.4) is 0 Å². The van der Waals surface area contributed by atoms with Crippen LogP contribution in [-0.2, 0) is 11.3 Å². The number of thioether (sulfide) groups is 1. The second kappa shape index (κ2) is 12.6. The Morgan fingerprint density at radius 3 is 2.36 bits per heavy atom. The number of carbonyl (C=O) groups excluding carboxylic acids is 2. The van der Waals surface area contributed by atoms with Crippen LogP contribution in [0.4, 0.5) is 15.8 Å². The molecule has 0 fully saturated rings. The standard InChI is InChI=1S/C26H23FN6O5S/c1-2-38-22-13-11-20(12-14-22)32-23(15-28-25(35)17-3-9-21(10-4-17)33(36)37)30-31-26(32)39-16-24(34)29-19-7-5-18(27)6-8-19/h3-14H,2,15-16H2,1H3,(H,28,35)(H,29,34). The molecular weight excluding hydrogens is 527 g/mol. The summed E-state index contributed by atoms with van der Waals surface area (Å²) >= 11 is 1.14. The van der Waals surface area contributed by atoms with Crippen LogP contribution >= 0.6 is 11.8 Å². The Kier molecular flexibility index (Phi) is 8.84. The molecule has 1 aromatic heterocycles. The molecule has 0 saturated carbocycles. The zero-order valence-electron chi connectivity index (χ0n) is 20.7. The molecule has 0 aliphatic rings. The fourth-order valence-corrected chi connectivity index (χ4v) is 4.25. The molecule has 200 valence electrons. The van der Waals surface area contributed by atoms with Crippen LogP contribution in [-0.4, -0.2) is 43.9 Å². The molecule has 0 spiro atoms. The summed E-state index contributed by atoms with van der Waals surface area (Å²) in [5, 5.41) is 25.1. The average Bonchev–Trinajstić information content (AvgIpc) is 3.35. The molecule has 0 aliphatic heterocycles. The number of nitro benzene ring substituents is 1. The molecule has 13 heteroatoms. The fraction of sp³-hybridized carbons (Fsp3) is 0.154. The Morgan fingerprint density at radius 1 is 1.03 bits per heavy atom. The smallest absolute Gasteiger partial charge is 0.269 e. The highest BCUT2D eigenvalue weighted by atomic mass is 32.2.